The fraction of sp³-hybridized carbons (Fsp3) is 0.0833. The maximum atomic E-state index is 12.2. The van der Waals surface area contributed by atoms with Crippen LogP contribution in [0.4, 0.5) is 0 Å². The molecule has 0 aliphatic heterocycles. The highest BCUT2D eigenvalue weighted by atomic mass is 32.2. The molecule has 19 heavy (non-hydrogen) atoms. The molecule has 0 saturated carbocycles. The van der Waals surface area contributed by atoms with E-state index in [9.17, 15) is 8.42 Å². The van der Waals surface area contributed by atoms with Crippen molar-refractivity contribution in [3.63, 3.8) is 0 Å². The van der Waals surface area contributed by atoms with Gasteiger partial charge in [-0.05, 0) is 17.0 Å². The first-order valence-electron chi connectivity index (χ1n) is 5.41. The van der Waals surface area contributed by atoms with Crippen LogP contribution < -0.4 is 10.5 Å². The van der Waals surface area contributed by atoms with E-state index in [1.807, 2.05) is 6.07 Å². The number of sulfonamides is 1. The Kier molecular flexibility index (Phi) is 4.31. The molecular weight excluding hydrogens is 300 g/mol. The minimum Gasteiger partial charge on any atom is -0.392 e. The summed E-state index contributed by atoms with van der Waals surface area (Å²) in [6.45, 7) is 0. The maximum Gasteiger partial charge on any atom is 0.250 e. The van der Waals surface area contributed by atoms with Crippen LogP contribution >= 0.6 is 23.6 Å². The van der Waals surface area contributed by atoms with Crippen molar-refractivity contribution in [2.24, 2.45) is 5.73 Å². The largest absolute Gasteiger partial charge is 0.392 e. The van der Waals surface area contributed by atoms with Crippen LogP contribution in [0, 0.1) is 0 Å². The molecule has 1 aromatic carbocycles. The molecular formula is C12H12N2O2S3. The number of rotatable bonds is 5. The van der Waals surface area contributed by atoms with Gasteiger partial charge in [0.2, 0.25) is 0 Å². The zero-order valence-corrected chi connectivity index (χ0v) is 12.3. The SMILES string of the molecule is NC(=S)C(NS(=O)(=O)c1cccs1)c1ccccc1. The van der Waals surface area contributed by atoms with Crippen LogP contribution in [-0.2, 0) is 10.0 Å². The third kappa shape index (κ3) is 3.38. The molecule has 2 rings (SSSR count). The average Bonchev–Trinajstić information content (AvgIpc) is 2.91. The number of hydrogen-bond acceptors (Lipinski definition) is 4. The quantitative estimate of drug-likeness (QED) is 0.829. The molecule has 2 aromatic rings. The molecule has 4 nitrogen and oxygen atoms in total. The molecule has 0 aliphatic rings. The Labute approximate surface area is 121 Å². The number of hydrogen-bond donors (Lipinski definition) is 2. The normalized spacial score (nSPS) is 13.1. The van der Waals surface area contributed by atoms with Gasteiger partial charge in [-0.2, -0.15) is 4.72 Å². The molecule has 7 heteroatoms. The Hall–Kier alpha value is -1.28. The van der Waals surface area contributed by atoms with E-state index in [0.717, 1.165) is 16.9 Å². The summed E-state index contributed by atoms with van der Waals surface area (Å²) in [4.78, 5) is 0.0892. The zero-order chi connectivity index (χ0) is 13.9. The van der Waals surface area contributed by atoms with Crippen molar-refractivity contribution in [3.8, 4) is 0 Å². The van der Waals surface area contributed by atoms with Crippen LogP contribution in [0.3, 0.4) is 0 Å². The zero-order valence-electron chi connectivity index (χ0n) is 9.81. The van der Waals surface area contributed by atoms with Gasteiger partial charge in [0, 0.05) is 0 Å². The first-order chi connectivity index (χ1) is 9.00. The van der Waals surface area contributed by atoms with Gasteiger partial charge in [0.05, 0.1) is 11.0 Å². The van der Waals surface area contributed by atoms with Gasteiger partial charge in [0.25, 0.3) is 10.0 Å². The number of nitrogens with two attached hydrogens (primary N) is 1. The van der Waals surface area contributed by atoms with Crippen molar-refractivity contribution in [1.82, 2.24) is 4.72 Å². The van der Waals surface area contributed by atoms with Crippen LogP contribution in [-0.4, -0.2) is 13.4 Å². The van der Waals surface area contributed by atoms with Crippen LogP contribution in [0.5, 0.6) is 0 Å². The van der Waals surface area contributed by atoms with E-state index in [1.54, 1.807) is 35.7 Å². The second-order valence-corrected chi connectivity index (χ2v) is 7.16. The molecule has 0 fully saturated rings. The summed E-state index contributed by atoms with van der Waals surface area (Å²) in [5, 5.41) is 1.70. The van der Waals surface area contributed by atoms with Crippen molar-refractivity contribution in [1.29, 1.82) is 0 Å². The first kappa shape index (κ1) is 14.1. The van der Waals surface area contributed by atoms with Gasteiger partial charge in [-0.15, -0.1) is 11.3 Å². The van der Waals surface area contributed by atoms with Gasteiger partial charge in [0.15, 0.2) is 0 Å². The maximum absolute atomic E-state index is 12.2. The summed E-state index contributed by atoms with van der Waals surface area (Å²) in [7, 11) is -3.61. The minimum absolute atomic E-state index is 0.0892. The highest BCUT2D eigenvalue weighted by Crippen LogP contribution is 2.20. The third-order valence-electron chi connectivity index (χ3n) is 2.45. The fourth-order valence-corrected chi connectivity index (χ4v) is 4.05. The van der Waals surface area contributed by atoms with E-state index in [2.05, 4.69) is 4.72 Å². The highest BCUT2D eigenvalue weighted by Gasteiger charge is 2.23. The van der Waals surface area contributed by atoms with E-state index in [4.69, 9.17) is 18.0 Å². The molecule has 0 aliphatic carbocycles. The molecule has 0 amide bonds. The predicted molar refractivity (Wildman–Crippen MR) is 80.6 cm³/mol. The first-order valence-corrected chi connectivity index (χ1v) is 8.18. The van der Waals surface area contributed by atoms with Gasteiger partial charge in [-0.25, -0.2) is 8.42 Å². The number of benzene rings is 1. The Bertz CT molecular complexity index is 652. The summed E-state index contributed by atoms with van der Waals surface area (Å²) in [5.74, 6) is 0. The van der Waals surface area contributed by atoms with Gasteiger partial charge >= 0.3 is 0 Å². The lowest BCUT2D eigenvalue weighted by atomic mass is 10.1. The smallest absolute Gasteiger partial charge is 0.250 e. The fourth-order valence-electron chi connectivity index (χ4n) is 1.57. The van der Waals surface area contributed by atoms with Crippen molar-refractivity contribution in [2.75, 3.05) is 0 Å². The van der Waals surface area contributed by atoms with E-state index in [-0.39, 0.29) is 9.20 Å². The Morgan fingerprint density at radius 2 is 1.89 bits per heavy atom. The van der Waals surface area contributed by atoms with Gasteiger partial charge in [-0.1, -0.05) is 48.6 Å². The number of thiocarbonyl (C=S) groups is 1. The highest BCUT2D eigenvalue weighted by molar-refractivity contribution is 7.91. The average molecular weight is 312 g/mol. The van der Waals surface area contributed by atoms with E-state index in [0.29, 0.717) is 0 Å². The number of thiophene rings is 1. The van der Waals surface area contributed by atoms with E-state index >= 15 is 0 Å². The summed E-state index contributed by atoms with van der Waals surface area (Å²) >= 11 is 6.09. The van der Waals surface area contributed by atoms with E-state index < -0.39 is 16.1 Å². The van der Waals surface area contributed by atoms with Gasteiger partial charge in [0.1, 0.15) is 4.21 Å². The lowest BCUT2D eigenvalue weighted by Gasteiger charge is -2.17. The van der Waals surface area contributed by atoms with Crippen molar-refractivity contribution in [2.45, 2.75) is 10.3 Å². The number of nitrogens with one attached hydrogen (secondary N) is 1. The van der Waals surface area contributed by atoms with Crippen LogP contribution in [0.15, 0.2) is 52.1 Å². The monoisotopic (exact) mass is 312 g/mol. The predicted octanol–water partition coefficient (Wildman–Crippen LogP) is 2.05. The molecule has 0 bridgehead atoms. The molecule has 1 atom stereocenters. The van der Waals surface area contributed by atoms with Gasteiger partial charge in [-0.3, -0.25) is 0 Å². The lowest BCUT2D eigenvalue weighted by Crippen LogP contribution is -2.36. The van der Waals surface area contributed by atoms with Crippen molar-refractivity contribution < 1.29 is 8.42 Å². The summed E-state index contributed by atoms with van der Waals surface area (Å²) in [6.07, 6.45) is 0. The van der Waals surface area contributed by atoms with Crippen molar-refractivity contribution >= 4 is 38.6 Å². The Morgan fingerprint density at radius 3 is 2.42 bits per heavy atom. The molecule has 0 spiro atoms. The molecule has 100 valence electrons. The lowest BCUT2D eigenvalue weighted by molar-refractivity contribution is 0.579. The minimum atomic E-state index is -3.61. The molecule has 1 unspecified atom stereocenters. The molecule has 1 aromatic heterocycles. The standard InChI is InChI=1S/C12H12N2O2S3/c13-12(17)11(9-5-2-1-3-6-9)14-19(15,16)10-7-4-8-18-10/h1-8,11,14H,(H2,13,17). The second kappa shape index (κ2) is 5.79. The second-order valence-electron chi connectivity index (χ2n) is 3.80. The summed E-state index contributed by atoms with van der Waals surface area (Å²) in [6, 6.07) is 11.5. The topological polar surface area (TPSA) is 72.2 Å². The molecule has 1 heterocycles. The van der Waals surface area contributed by atoms with Crippen LogP contribution in [0.1, 0.15) is 11.6 Å². The van der Waals surface area contributed by atoms with Gasteiger partial charge < -0.3 is 5.73 Å². The molecule has 3 N–H and O–H groups in total. The summed E-state index contributed by atoms with van der Waals surface area (Å²) < 4.78 is 27.1. The van der Waals surface area contributed by atoms with E-state index in [1.165, 1.54) is 6.07 Å². The Morgan fingerprint density at radius 1 is 1.21 bits per heavy atom. The summed E-state index contributed by atoms with van der Waals surface area (Å²) in [5.41, 5.74) is 6.35. The molecule has 0 saturated heterocycles. The third-order valence-corrected chi connectivity index (χ3v) is 5.51. The van der Waals surface area contributed by atoms with Crippen LogP contribution in [0.2, 0.25) is 0 Å². The van der Waals surface area contributed by atoms with Crippen LogP contribution in [0.25, 0.3) is 0 Å². The Balaban J connectivity index is 2.31. The molecule has 0 radical (unpaired) electrons. The van der Waals surface area contributed by atoms with Crippen molar-refractivity contribution in [3.05, 3.63) is 53.4 Å².